The summed E-state index contributed by atoms with van der Waals surface area (Å²) >= 11 is 4.81. The maximum atomic E-state index is 13.9. The second kappa shape index (κ2) is 5.98. The SMILES string of the molecule is CC1CCCN(S(=O)(=O)c2cccc(F)c2C(N)=S)C1C. The summed E-state index contributed by atoms with van der Waals surface area (Å²) in [5, 5.41) is 0. The van der Waals surface area contributed by atoms with Crippen LogP contribution in [0.15, 0.2) is 23.1 Å². The normalized spacial score (nSPS) is 24.0. The Hall–Kier alpha value is -1.05. The van der Waals surface area contributed by atoms with E-state index in [2.05, 4.69) is 0 Å². The molecule has 116 valence electrons. The van der Waals surface area contributed by atoms with Crippen LogP contribution in [0.1, 0.15) is 32.3 Å². The van der Waals surface area contributed by atoms with Gasteiger partial charge in [-0.25, -0.2) is 12.8 Å². The Labute approximate surface area is 130 Å². The molecule has 2 unspecified atom stereocenters. The van der Waals surface area contributed by atoms with Crippen molar-refractivity contribution in [2.24, 2.45) is 11.7 Å². The molecule has 1 aromatic rings. The van der Waals surface area contributed by atoms with Gasteiger partial charge in [-0.15, -0.1) is 0 Å². The van der Waals surface area contributed by atoms with Gasteiger partial charge in [-0.1, -0.05) is 25.2 Å². The average Bonchev–Trinajstić information content (AvgIpc) is 2.41. The van der Waals surface area contributed by atoms with E-state index in [9.17, 15) is 12.8 Å². The van der Waals surface area contributed by atoms with Gasteiger partial charge in [0.25, 0.3) is 0 Å². The molecule has 0 radical (unpaired) electrons. The zero-order chi connectivity index (χ0) is 15.8. The van der Waals surface area contributed by atoms with E-state index in [1.807, 2.05) is 13.8 Å². The van der Waals surface area contributed by atoms with Crippen LogP contribution in [-0.2, 0) is 10.0 Å². The van der Waals surface area contributed by atoms with Crippen LogP contribution in [0.2, 0.25) is 0 Å². The third kappa shape index (κ3) is 2.95. The van der Waals surface area contributed by atoms with Gasteiger partial charge in [0, 0.05) is 12.6 Å². The fraction of sp³-hybridized carbons (Fsp3) is 0.500. The highest BCUT2D eigenvalue weighted by Crippen LogP contribution is 2.30. The van der Waals surface area contributed by atoms with E-state index in [1.54, 1.807) is 0 Å². The van der Waals surface area contributed by atoms with E-state index in [1.165, 1.54) is 16.4 Å². The van der Waals surface area contributed by atoms with Crippen molar-refractivity contribution in [2.75, 3.05) is 6.54 Å². The van der Waals surface area contributed by atoms with Crippen molar-refractivity contribution in [3.05, 3.63) is 29.6 Å². The van der Waals surface area contributed by atoms with E-state index in [0.29, 0.717) is 6.54 Å². The lowest BCUT2D eigenvalue weighted by molar-refractivity contribution is 0.202. The molecule has 2 N–H and O–H groups in total. The monoisotopic (exact) mass is 330 g/mol. The molecule has 0 saturated carbocycles. The quantitative estimate of drug-likeness (QED) is 0.864. The number of nitrogens with zero attached hydrogens (tertiary/aromatic N) is 1. The minimum atomic E-state index is -3.82. The molecule has 4 nitrogen and oxygen atoms in total. The van der Waals surface area contributed by atoms with E-state index >= 15 is 0 Å². The second-order valence-corrected chi connectivity index (χ2v) is 7.75. The number of rotatable bonds is 3. The molecule has 1 aliphatic heterocycles. The first kappa shape index (κ1) is 16.3. The highest BCUT2D eigenvalue weighted by atomic mass is 32.2. The van der Waals surface area contributed by atoms with E-state index in [4.69, 9.17) is 18.0 Å². The van der Waals surface area contributed by atoms with Crippen molar-refractivity contribution in [1.29, 1.82) is 0 Å². The Bertz CT molecular complexity index is 661. The van der Waals surface area contributed by atoms with Crippen molar-refractivity contribution in [3.8, 4) is 0 Å². The second-order valence-electron chi connectivity index (χ2n) is 5.45. The third-order valence-corrected chi connectivity index (χ3v) is 6.36. The summed E-state index contributed by atoms with van der Waals surface area (Å²) in [6.45, 7) is 4.33. The molecule has 21 heavy (non-hydrogen) atoms. The lowest BCUT2D eigenvalue weighted by Crippen LogP contribution is -2.46. The van der Waals surface area contributed by atoms with Crippen LogP contribution in [0.5, 0.6) is 0 Å². The largest absolute Gasteiger partial charge is 0.389 e. The fourth-order valence-electron chi connectivity index (χ4n) is 2.72. The third-order valence-electron chi connectivity index (χ3n) is 4.12. The molecule has 1 fully saturated rings. The number of thiocarbonyl (C=S) groups is 1. The number of hydrogen-bond donors (Lipinski definition) is 1. The van der Waals surface area contributed by atoms with Crippen LogP contribution in [0.4, 0.5) is 4.39 Å². The van der Waals surface area contributed by atoms with Crippen LogP contribution in [0.3, 0.4) is 0 Å². The van der Waals surface area contributed by atoms with E-state index in [-0.39, 0.29) is 27.4 Å². The van der Waals surface area contributed by atoms with Crippen molar-refractivity contribution >= 4 is 27.2 Å². The predicted octanol–water partition coefficient (Wildman–Crippen LogP) is 2.27. The number of nitrogens with two attached hydrogens (primary N) is 1. The molecule has 0 spiro atoms. The summed E-state index contributed by atoms with van der Waals surface area (Å²) < 4.78 is 41.1. The Morgan fingerprint density at radius 2 is 2.10 bits per heavy atom. The molecule has 2 atom stereocenters. The first-order chi connectivity index (χ1) is 9.76. The lowest BCUT2D eigenvalue weighted by Gasteiger charge is -2.37. The summed E-state index contributed by atoms with van der Waals surface area (Å²) in [7, 11) is -3.82. The molecule has 2 rings (SSSR count). The molecule has 0 amide bonds. The van der Waals surface area contributed by atoms with E-state index in [0.717, 1.165) is 18.9 Å². The fourth-order valence-corrected chi connectivity index (χ4v) is 4.98. The Balaban J connectivity index is 2.55. The number of benzene rings is 1. The molecule has 0 bridgehead atoms. The van der Waals surface area contributed by atoms with Gasteiger partial charge >= 0.3 is 0 Å². The van der Waals surface area contributed by atoms with Gasteiger partial charge in [-0.3, -0.25) is 0 Å². The first-order valence-corrected chi connectivity index (χ1v) is 8.71. The Kier molecular flexibility index (Phi) is 4.65. The number of hydrogen-bond acceptors (Lipinski definition) is 3. The molecule has 1 aromatic carbocycles. The topological polar surface area (TPSA) is 63.4 Å². The van der Waals surface area contributed by atoms with Crippen molar-refractivity contribution in [2.45, 2.75) is 37.6 Å². The maximum absolute atomic E-state index is 13.9. The Morgan fingerprint density at radius 1 is 1.43 bits per heavy atom. The first-order valence-electron chi connectivity index (χ1n) is 6.87. The zero-order valence-corrected chi connectivity index (χ0v) is 13.7. The summed E-state index contributed by atoms with van der Waals surface area (Å²) in [6.07, 6.45) is 1.78. The molecule has 1 saturated heterocycles. The highest BCUT2D eigenvalue weighted by Gasteiger charge is 2.36. The van der Waals surface area contributed by atoms with Gasteiger partial charge < -0.3 is 5.73 Å². The molecule has 0 aliphatic carbocycles. The van der Waals surface area contributed by atoms with E-state index < -0.39 is 15.8 Å². The molecule has 0 aromatic heterocycles. The van der Waals surface area contributed by atoms with Gasteiger partial charge in [0.1, 0.15) is 10.8 Å². The molecule has 7 heteroatoms. The number of sulfonamides is 1. The summed E-state index contributed by atoms with van der Waals surface area (Å²) in [4.78, 5) is -0.389. The lowest BCUT2D eigenvalue weighted by atomic mass is 9.94. The smallest absolute Gasteiger partial charge is 0.244 e. The zero-order valence-electron chi connectivity index (χ0n) is 12.0. The molecular formula is C14H19FN2O2S2. The Morgan fingerprint density at radius 3 is 2.71 bits per heavy atom. The molecule has 1 heterocycles. The minimum Gasteiger partial charge on any atom is -0.389 e. The molecule has 1 aliphatic rings. The van der Waals surface area contributed by atoms with Crippen LogP contribution in [0.25, 0.3) is 0 Å². The van der Waals surface area contributed by atoms with Crippen LogP contribution >= 0.6 is 12.2 Å². The van der Waals surface area contributed by atoms with Crippen molar-refractivity contribution < 1.29 is 12.8 Å². The van der Waals surface area contributed by atoms with Gasteiger partial charge in [0.2, 0.25) is 10.0 Å². The van der Waals surface area contributed by atoms with Gasteiger partial charge in [0.05, 0.1) is 10.5 Å². The molecular weight excluding hydrogens is 311 g/mol. The standard InChI is InChI=1S/C14H19FN2O2S2/c1-9-5-4-8-17(10(9)2)21(18,19)12-7-3-6-11(15)13(12)14(16)20/h3,6-7,9-10H,4-5,8H2,1-2H3,(H2,16,20). The maximum Gasteiger partial charge on any atom is 0.244 e. The van der Waals surface area contributed by atoms with Crippen molar-refractivity contribution in [3.63, 3.8) is 0 Å². The van der Waals surface area contributed by atoms with Crippen LogP contribution in [-0.4, -0.2) is 30.3 Å². The summed E-state index contributed by atoms with van der Waals surface area (Å²) in [6, 6.07) is 3.75. The number of piperidine rings is 1. The van der Waals surface area contributed by atoms with Crippen molar-refractivity contribution in [1.82, 2.24) is 4.31 Å². The van der Waals surface area contributed by atoms with Gasteiger partial charge in [0.15, 0.2) is 0 Å². The van der Waals surface area contributed by atoms with Gasteiger partial charge in [-0.2, -0.15) is 4.31 Å². The number of halogens is 1. The predicted molar refractivity (Wildman–Crippen MR) is 84.0 cm³/mol. The summed E-state index contributed by atoms with van der Waals surface area (Å²) in [5.74, 6) is -0.448. The van der Waals surface area contributed by atoms with Crippen LogP contribution in [0, 0.1) is 11.7 Å². The summed E-state index contributed by atoms with van der Waals surface area (Å²) in [5.41, 5.74) is 5.32. The van der Waals surface area contributed by atoms with Gasteiger partial charge in [-0.05, 0) is 37.8 Å². The minimum absolute atomic E-state index is 0.133. The average molecular weight is 330 g/mol. The van der Waals surface area contributed by atoms with Crippen LogP contribution < -0.4 is 5.73 Å². The highest BCUT2D eigenvalue weighted by molar-refractivity contribution is 7.89.